The first kappa shape index (κ1) is 22.6. The maximum absolute atomic E-state index is 10.3. The average Bonchev–Trinajstić information content (AvgIpc) is 3.03. The highest BCUT2D eigenvalue weighted by Gasteiger charge is 2.58. The van der Waals surface area contributed by atoms with Gasteiger partial charge in [0.2, 0.25) is 0 Å². The third-order valence-corrected chi connectivity index (χ3v) is 10.6. The fourth-order valence-corrected chi connectivity index (χ4v) is 8.26. The van der Waals surface area contributed by atoms with Crippen LogP contribution < -0.4 is 0 Å². The zero-order valence-electron chi connectivity index (χ0n) is 20.3. The second kappa shape index (κ2) is 7.77. The largest absolute Gasteiger partial charge is 0.393 e. The van der Waals surface area contributed by atoms with E-state index in [0.717, 1.165) is 36.5 Å². The fraction of sp³-hybridized carbons (Fsp3) is 0.857. The molecule has 170 valence electrons. The van der Waals surface area contributed by atoms with Crippen molar-refractivity contribution in [1.29, 1.82) is 0 Å². The van der Waals surface area contributed by atoms with Crippen LogP contribution in [-0.4, -0.2) is 21.9 Å². The molecule has 0 amide bonds. The van der Waals surface area contributed by atoms with Gasteiger partial charge in [0, 0.05) is 5.92 Å². The van der Waals surface area contributed by atoms with E-state index in [9.17, 15) is 10.2 Å². The van der Waals surface area contributed by atoms with Crippen molar-refractivity contribution in [3.63, 3.8) is 0 Å². The van der Waals surface area contributed by atoms with E-state index >= 15 is 0 Å². The molecule has 0 radical (unpaired) electrons. The zero-order valence-corrected chi connectivity index (χ0v) is 20.3. The molecule has 0 aromatic heterocycles. The standard InChI is InChI=1S/C28H46O2/c1-18(7-8-19(2)26(3,4)30)23-11-12-24-22-10-9-20-17-21(29)13-15-27(20,5)25(22)14-16-28(23,24)6/h7-9,18-19,21-25,29-30H,10-17H2,1-6H3. The lowest BCUT2D eigenvalue weighted by Gasteiger charge is -2.58. The minimum atomic E-state index is -0.647. The highest BCUT2D eigenvalue weighted by molar-refractivity contribution is 5.25. The van der Waals surface area contributed by atoms with E-state index in [1.54, 1.807) is 5.57 Å². The fourth-order valence-electron chi connectivity index (χ4n) is 8.26. The Bertz CT molecular complexity index is 700. The molecule has 0 heterocycles. The van der Waals surface area contributed by atoms with Crippen LogP contribution in [0.4, 0.5) is 0 Å². The van der Waals surface area contributed by atoms with Crippen LogP contribution >= 0.6 is 0 Å². The van der Waals surface area contributed by atoms with Crippen LogP contribution in [0.3, 0.4) is 0 Å². The summed E-state index contributed by atoms with van der Waals surface area (Å²) < 4.78 is 0. The number of aliphatic hydroxyl groups is 2. The van der Waals surface area contributed by atoms with Crippen LogP contribution in [0.25, 0.3) is 0 Å². The van der Waals surface area contributed by atoms with Crippen molar-refractivity contribution >= 4 is 0 Å². The number of hydrogen-bond acceptors (Lipinski definition) is 2. The molecule has 9 unspecified atom stereocenters. The molecule has 4 aliphatic carbocycles. The summed E-state index contributed by atoms with van der Waals surface area (Å²) in [6, 6.07) is 0. The van der Waals surface area contributed by atoms with Crippen LogP contribution in [0, 0.1) is 46.3 Å². The smallest absolute Gasteiger partial charge is 0.0651 e. The first-order chi connectivity index (χ1) is 14.0. The molecule has 30 heavy (non-hydrogen) atoms. The molecule has 0 aromatic carbocycles. The van der Waals surface area contributed by atoms with Gasteiger partial charge < -0.3 is 10.2 Å². The molecule has 0 saturated heterocycles. The van der Waals surface area contributed by atoms with Crippen LogP contribution in [0.5, 0.6) is 0 Å². The average molecular weight is 415 g/mol. The minimum absolute atomic E-state index is 0.107. The van der Waals surface area contributed by atoms with Gasteiger partial charge in [0.1, 0.15) is 0 Å². The van der Waals surface area contributed by atoms with E-state index in [1.807, 2.05) is 13.8 Å². The Balaban J connectivity index is 1.52. The molecular formula is C28H46O2. The molecule has 0 spiro atoms. The summed E-state index contributed by atoms with van der Waals surface area (Å²) in [5, 5.41) is 20.5. The topological polar surface area (TPSA) is 40.5 Å². The zero-order chi connectivity index (χ0) is 21.9. The number of rotatable bonds is 4. The molecule has 9 atom stereocenters. The first-order valence-corrected chi connectivity index (χ1v) is 12.7. The van der Waals surface area contributed by atoms with Gasteiger partial charge in [0.15, 0.2) is 0 Å². The Hall–Kier alpha value is -0.600. The van der Waals surface area contributed by atoms with E-state index in [1.165, 1.54) is 38.5 Å². The summed E-state index contributed by atoms with van der Waals surface area (Å²) in [5.74, 6) is 4.04. The Labute approximate surface area is 185 Å². The van der Waals surface area contributed by atoms with Gasteiger partial charge in [-0.1, -0.05) is 51.5 Å². The summed E-state index contributed by atoms with van der Waals surface area (Å²) >= 11 is 0. The monoisotopic (exact) mass is 414 g/mol. The molecule has 4 aliphatic rings. The third-order valence-electron chi connectivity index (χ3n) is 10.6. The Morgan fingerprint density at radius 3 is 2.47 bits per heavy atom. The maximum atomic E-state index is 10.3. The molecule has 4 rings (SSSR count). The van der Waals surface area contributed by atoms with Crippen molar-refractivity contribution in [3.8, 4) is 0 Å². The Morgan fingerprint density at radius 1 is 1.03 bits per heavy atom. The molecule has 0 bridgehead atoms. The normalized spacial score (nSPS) is 46.0. The van der Waals surface area contributed by atoms with Gasteiger partial charge in [-0.15, -0.1) is 0 Å². The van der Waals surface area contributed by atoms with Crippen molar-refractivity contribution in [1.82, 2.24) is 0 Å². The Kier molecular flexibility index (Phi) is 5.85. The highest BCUT2D eigenvalue weighted by Crippen LogP contribution is 2.67. The van der Waals surface area contributed by atoms with E-state index in [4.69, 9.17) is 0 Å². The second-order valence-corrected chi connectivity index (χ2v) is 12.6. The lowest BCUT2D eigenvalue weighted by molar-refractivity contribution is -0.0541. The van der Waals surface area contributed by atoms with Crippen LogP contribution in [0.2, 0.25) is 0 Å². The van der Waals surface area contributed by atoms with Gasteiger partial charge >= 0.3 is 0 Å². The Morgan fingerprint density at radius 2 is 1.77 bits per heavy atom. The third kappa shape index (κ3) is 3.64. The molecular weight excluding hydrogens is 368 g/mol. The highest BCUT2D eigenvalue weighted by atomic mass is 16.3. The summed E-state index contributed by atoms with van der Waals surface area (Å²) in [5.41, 5.74) is 1.73. The molecule has 0 aliphatic heterocycles. The quantitative estimate of drug-likeness (QED) is 0.514. The first-order valence-electron chi connectivity index (χ1n) is 12.7. The predicted octanol–water partition coefficient (Wildman–Crippen LogP) is 6.53. The van der Waals surface area contributed by atoms with E-state index in [-0.39, 0.29) is 12.0 Å². The summed E-state index contributed by atoms with van der Waals surface area (Å²) in [6.07, 6.45) is 16.9. The van der Waals surface area contributed by atoms with Crippen LogP contribution in [0.15, 0.2) is 23.8 Å². The van der Waals surface area contributed by atoms with Gasteiger partial charge in [-0.2, -0.15) is 0 Å². The molecule has 3 fully saturated rings. The van der Waals surface area contributed by atoms with Gasteiger partial charge in [0.05, 0.1) is 11.7 Å². The van der Waals surface area contributed by atoms with Crippen molar-refractivity contribution in [2.75, 3.05) is 0 Å². The van der Waals surface area contributed by atoms with Gasteiger partial charge in [-0.3, -0.25) is 0 Å². The predicted molar refractivity (Wildman–Crippen MR) is 125 cm³/mol. The maximum Gasteiger partial charge on any atom is 0.0651 e. The van der Waals surface area contributed by atoms with Gasteiger partial charge in [0.25, 0.3) is 0 Å². The van der Waals surface area contributed by atoms with Crippen LogP contribution in [0.1, 0.15) is 92.9 Å². The van der Waals surface area contributed by atoms with Crippen molar-refractivity contribution < 1.29 is 10.2 Å². The second-order valence-electron chi connectivity index (χ2n) is 12.6. The molecule has 3 saturated carbocycles. The lowest BCUT2D eigenvalue weighted by atomic mass is 9.47. The SMILES string of the molecule is CC(C=CC(C)C(C)(C)O)C1CCC2C3CC=C4CC(O)CCC4(C)C3CCC12C. The molecule has 2 nitrogen and oxygen atoms in total. The van der Waals surface area contributed by atoms with E-state index in [2.05, 4.69) is 45.9 Å². The summed E-state index contributed by atoms with van der Waals surface area (Å²) in [4.78, 5) is 0. The van der Waals surface area contributed by atoms with E-state index < -0.39 is 5.60 Å². The van der Waals surface area contributed by atoms with Gasteiger partial charge in [-0.05, 0) is 106 Å². The van der Waals surface area contributed by atoms with Crippen molar-refractivity contribution in [3.05, 3.63) is 23.8 Å². The van der Waals surface area contributed by atoms with Crippen LogP contribution in [-0.2, 0) is 0 Å². The summed E-state index contributed by atoms with van der Waals surface area (Å²) in [7, 11) is 0. The molecule has 2 N–H and O–H groups in total. The molecule has 0 aromatic rings. The minimum Gasteiger partial charge on any atom is -0.393 e. The lowest BCUT2D eigenvalue weighted by Crippen LogP contribution is -2.50. The number of fused-ring (bicyclic) bond motifs is 5. The number of hydrogen-bond donors (Lipinski definition) is 2. The number of aliphatic hydroxyl groups excluding tert-OH is 1. The summed E-state index contributed by atoms with van der Waals surface area (Å²) in [6.45, 7) is 13.5. The number of allylic oxidation sites excluding steroid dienone is 2. The molecule has 2 heteroatoms. The van der Waals surface area contributed by atoms with E-state index in [0.29, 0.717) is 16.7 Å². The van der Waals surface area contributed by atoms with Crippen molar-refractivity contribution in [2.24, 2.45) is 46.3 Å². The van der Waals surface area contributed by atoms with Gasteiger partial charge in [-0.25, -0.2) is 0 Å². The van der Waals surface area contributed by atoms with Crippen molar-refractivity contribution in [2.45, 2.75) is 105 Å².